The van der Waals surface area contributed by atoms with Crippen molar-refractivity contribution in [1.82, 2.24) is 25.1 Å². The lowest BCUT2D eigenvalue weighted by molar-refractivity contribution is -0.144. The van der Waals surface area contributed by atoms with Gasteiger partial charge in [0.2, 0.25) is 11.7 Å². The Hall–Kier alpha value is -2.77. The number of amides is 1. The van der Waals surface area contributed by atoms with E-state index in [1.54, 1.807) is 6.92 Å². The molecule has 0 bridgehead atoms. The van der Waals surface area contributed by atoms with Gasteiger partial charge in [-0.1, -0.05) is 29.8 Å². The highest BCUT2D eigenvalue weighted by atomic mass is 16.4. The van der Waals surface area contributed by atoms with Crippen LogP contribution in [0.3, 0.4) is 0 Å². The third kappa shape index (κ3) is 3.87. The van der Waals surface area contributed by atoms with Crippen molar-refractivity contribution < 1.29 is 14.7 Å². The van der Waals surface area contributed by atoms with Crippen LogP contribution in [0.25, 0.3) is 11.4 Å². The predicted octanol–water partition coefficient (Wildman–Crippen LogP) is 0.582. The van der Waals surface area contributed by atoms with Crippen LogP contribution < -0.4 is 0 Å². The normalized spacial score (nSPS) is 10.5. The molecule has 0 unspecified atom stereocenters. The molecule has 1 aromatic carbocycles. The number of rotatable bonds is 6. The second-order valence-corrected chi connectivity index (χ2v) is 4.81. The van der Waals surface area contributed by atoms with Gasteiger partial charge in [0.1, 0.15) is 13.1 Å². The van der Waals surface area contributed by atoms with E-state index < -0.39 is 5.97 Å². The molecule has 0 spiro atoms. The van der Waals surface area contributed by atoms with Crippen LogP contribution in [0, 0.1) is 6.92 Å². The minimum atomic E-state index is -1.05. The quantitative estimate of drug-likeness (QED) is 0.837. The number of likely N-dealkylation sites (N-methyl/N-ethyl adjacent to an activating group) is 1. The smallest absolute Gasteiger partial charge is 0.323 e. The largest absolute Gasteiger partial charge is 0.480 e. The van der Waals surface area contributed by atoms with Gasteiger partial charge in [-0.3, -0.25) is 9.59 Å². The molecule has 8 nitrogen and oxygen atoms in total. The third-order valence-corrected chi connectivity index (χ3v) is 3.10. The lowest BCUT2D eigenvalue weighted by Crippen LogP contribution is -2.38. The standard InChI is InChI=1S/C14H17N5O3/c1-3-18(9-13(21)22)12(20)8-19-16-14(15-17-19)11-6-4-10(2)5-7-11/h4-7H,3,8-9H2,1-2H3,(H,21,22). The Kier molecular flexibility index (Phi) is 4.82. The molecular weight excluding hydrogens is 286 g/mol. The molecule has 0 fully saturated rings. The molecule has 1 heterocycles. The number of carboxylic acids is 1. The maximum Gasteiger partial charge on any atom is 0.323 e. The summed E-state index contributed by atoms with van der Waals surface area (Å²) in [7, 11) is 0. The number of benzene rings is 1. The second kappa shape index (κ2) is 6.79. The van der Waals surface area contributed by atoms with E-state index in [2.05, 4.69) is 15.4 Å². The predicted molar refractivity (Wildman–Crippen MR) is 77.9 cm³/mol. The van der Waals surface area contributed by atoms with E-state index in [9.17, 15) is 9.59 Å². The summed E-state index contributed by atoms with van der Waals surface area (Å²) in [5.74, 6) is -0.992. The van der Waals surface area contributed by atoms with Gasteiger partial charge in [0.25, 0.3) is 0 Å². The first-order valence-electron chi connectivity index (χ1n) is 6.84. The Morgan fingerprint density at radius 1 is 1.27 bits per heavy atom. The Bertz CT molecular complexity index is 665. The molecule has 22 heavy (non-hydrogen) atoms. The summed E-state index contributed by atoms with van der Waals surface area (Å²) in [5.41, 5.74) is 1.93. The summed E-state index contributed by atoms with van der Waals surface area (Å²) in [4.78, 5) is 25.1. The molecule has 0 radical (unpaired) electrons. The minimum Gasteiger partial charge on any atom is -0.480 e. The van der Waals surface area contributed by atoms with Crippen LogP contribution in [0.1, 0.15) is 12.5 Å². The van der Waals surface area contributed by atoms with Gasteiger partial charge in [-0.15, -0.1) is 10.2 Å². The van der Waals surface area contributed by atoms with Crippen molar-refractivity contribution in [1.29, 1.82) is 0 Å². The highest BCUT2D eigenvalue weighted by molar-refractivity contribution is 5.81. The fourth-order valence-electron chi connectivity index (χ4n) is 1.89. The number of aryl methyl sites for hydroxylation is 1. The molecule has 0 saturated carbocycles. The van der Waals surface area contributed by atoms with Crippen LogP contribution in [0.2, 0.25) is 0 Å². The Morgan fingerprint density at radius 2 is 1.95 bits per heavy atom. The molecule has 8 heteroatoms. The number of carbonyl (C=O) groups excluding carboxylic acids is 1. The number of carbonyl (C=O) groups is 2. The maximum absolute atomic E-state index is 12.0. The van der Waals surface area contributed by atoms with Crippen LogP contribution in [0.5, 0.6) is 0 Å². The first-order chi connectivity index (χ1) is 10.5. The molecule has 0 aliphatic rings. The molecule has 2 aromatic rings. The van der Waals surface area contributed by atoms with Gasteiger partial charge in [0.15, 0.2) is 0 Å². The average Bonchev–Trinajstić information content (AvgIpc) is 2.93. The molecule has 0 aliphatic heterocycles. The summed E-state index contributed by atoms with van der Waals surface area (Å²) < 4.78 is 0. The van der Waals surface area contributed by atoms with Crippen molar-refractivity contribution in [3.8, 4) is 11.4 Å². The van der Waals surface area contributed by atoms with Gasteiger partial charge >= 0.3 is 5.97 Å². The lowest BCUT2D eigenvalue weighted by Gasteiger charge is -2.17. The van der Waals surface area contributed by atoms with Crippen molar-refractivity contribution >= 4 is 11.9 Å². The first kappa shape index (κ1) is 15.6. The molecule has 0 atom stereocenters. The SMILES string of the molecule is CCN(CC(=O)O)C(=O)Cn1nnc(-c2ccc(C)cc2)n1. The van der Waals surface area contributed by atoms with Gasteiger partial charge in [-0.25, -0.2) is 0 Å². The first-order valence-corrected chi connectivity index (χ1v) is 6.84. The van der Waals surface area contributed by atoms with E-state index in [4.69, 9.17) is 5.11 Å². The average molecular weight is 303 g/mol. The van der Waals surface area contributed by atoms with Crippen molar-refractivity contribution in [2.45, 2.75) is 20.4 Å². The van der Waals surface area contributed by atoms with Crippen LogP contribution in [0.4, 0.5) is 0 Å². The second-order valence-electron chi connectivity index (χ2n) is 4.81. The summed E-state index contributed by atoms with van der Waals surface area (Å²) in [5, 5.41) is 20.6. The van der Waals surface area contributed by atoms with E-state index in [1.165, 1.54) is 9.70 Å². The number of hydrogen-bond acceptors (Lipinski definition) is 5. The molecule has 2 rings (SSSR count). The zero-order valence-corrected chi connectivity index (χ0v) is 12.4. The fraction of sp³-hybridized carbons (Fsp3) is 0.357. The number of carboxylic acid groups (broad SMARTS) is 1. The monoisotopic (exact) mass is 303 g/mol. The van der Waals surface area contributed by atoms with E-state index in [1.807, 2.05) is 31.2 Å². The highest BCUT2D eigenvalue weighted by Crippen LogP contribution is 2.13. The molecular formula is C14H17N5O3. The van der Waals surface area contributed by atoms with Crippen molar-refractivity contribution in [2.75, 3.05) is 13.1 Å². The fourth-order valence-corrected chi connectivity index (χ4v) is 1.89. The van der Waals surface area contributed by atoms with Gasteiger partial charge < -0.3 is 10.0 Å². The van der Waals surface area contributed by atoms with Gasteiger partial charge in [-0.2, -0.15) is 4.80 Å². The maximum atomic E-state index is 12.0. The van der Waals surface area contributed by atoms with E-state index in [-0.39, 0.29) is 19.0 Å². The van der Waals surface area contributed by atoms with E-state index in [0.29, 0.717) is 12.4 Å². The highest BCUT2D eigenvalue weighted by Gasteiger charge is 2.17. The zero-order valence-electron chi connectivity index (χ0n) is 12.4. The molecule has 0 aliphatic carbocycles. The van der Waals surface area contributed by atoms with Gasteiger partial charge in [0, 0.05) is 12.1 Å². The summed E-state index contributed by atoms with van der Waals surface area (Å²) in [6, 6.07) is 7.63. The minimum absolute atomic E-state index is 0.139. The molecule has 1 N–H and O–H groups in total. The van der Waals surface area contributed by atoms with Gasteiger partial charge in [0.05, 0.1) is 0 Å². The Balaban J connectivity index is 2.06. The third-order valence-electron chi connectivity index (χ3n) is 3.10. The van der Waals surface area contributed by atoms with Crippen molar-refractivity contribution in [2.24, 2.45) is 0 Å². The van der Waals surface area contributed by atoms with Crippen LogP contribution >= 0.6 is 0 Å². The van der Waals surface area contributed by atoms with E-state index in [0.717, 1.165) is 11.1 Å². The molecule has 0 saturated heterocycles. The van der Waals surface area contributed by atoms with E-state index >= 15 is 0 Å². The molecule has 1 amide bonds. The summed E-state index contributed by atoms with van der Waals surface area (Å²) in [6.07, 6.45) is 0. The topological polar surface area (TPSA) is 101 Å². The van der Waals surface area contributed by atoms with Crippen LogP contribution in [-0.4, -0.2) is 55.2 Å². The number of hydrogen-bond donors (Lipinski definition) is 1. The van der Waals surface area contributed by atoms with Crippen LogP contribution in [0.15, 0.2) is 24.3 Å². The molecule has 116 valence electrons. The summed E-state index contributed by atoms with van der Waals surface area (Å²) in [6.45, 7) is 3.53. The Labute approximate surface area is 127 Å². The zero-order chi connectivity index (χ0) is 16.1. The Morgan fingerprint density at radius 3 is 2.55 bits per heavy atom. The molecule has 1 aromatic heterocycles. The number of tetrazole rings is 1. The van der Waals surface area contributed by atoms with Crippen LogP contribution in [-0.2, 0) is 16.1 Å². The lowest BCUT2D eigenvalue weighted by atomic mass is 10.1. The van der Waals surface area contributed by atoms with Gasteiger partial charge in [-0.05, 0) is 19.1 Å². The number of aromatic nitrogens is 4. The number of nitrogens with zero attached hydrogens (tertiary/aromatic N) is 5. The number of aliphatic carboxylic acids is 1. The van der Waals surface area contributed by atoms with Crippen molar-refractivity contribution in [3.63, 3.8) is 0 Å². The summed E-state index contributed by atoms with van der Waals surface area (Å²) >= 11 is 0. The van der Waals surface area contributed by atoms with Crippen molar-refractivity contribution in [3.05, 3.63) is 29.8 Å².